The van der Waals surface area contributed by atoms with Crippen LogP contribution in [-0.2, 0) is 4.79 Å². The van der Waals surface area contributed by atoms with Gasteiger partial charge >= 0.3 is 0 Å². The Morgan fingerprint density at radius 3 is 2.76 bits per heavy atom. The number of carbonyl (C=O) groups excluding carboxylic acids is 1. The number of anilines is 1. The summed E-state index contributed by atoms with van der Waals surface area (Å²) in [4.78, 5) is 22.7. The van der Waals surface area contributed by atoms with E-state index < -0.39 is 10.8 Å². The lowest BCUT2D eigenvalue weighted by Crippen LogP contribution is -2.09. The average Bonchev–Trinajstić information content (AvgIpc) is 2.56. The third kappa shape index (κ3) is 5.15. The Bertz CT molecular complexity index is 834. The van der Waals surface area contributed by atoms with Crippen LogP contribution in [0.4, 0.5) is 11.4 Å². The first kappa shape index (κ1) is 18.7. The zero-order chi connectivity index (χ0) is 18.4. The van der Waals surface area contributed by atoms with Crippen molar-refractivity contribution >= 4 is 39.3 Å². The fourth-order valence-electron chi connectivity index (χ4n) is 2.17. The number of aryl methyl sites for hydroxylation is 1. The number of halogens is 1. The Hall–Kier alpha value is -2.67. The number of hydrogen-bond acceptors (Lipinski definition) is 4. The third-order valence-corrected chi connectivity index (χ3v) is 3.79. The van der Waals surface area contributed by atoms with Crippen molar-refractivity contribution in [3.8, 4) is 5.75 Å². The lowest BCUT2D eigenvalue weighted by Gasteiger charge is -2.08. The molecule has 2 aromatic rings. The van der Waals surface area contributed by atoms with Crippen molar-refractivity contribution in [2.24, 2.45) is 0 Å². The summed E-state index contributed by atoms with van der Waals surface area (Å²) in [6.45, 7) is 4.13. The van der Waals surface area contributed by atoms with Crippen molar-refractivity contribution in [1.82, 2.24) is 0 Å². The fraction of sp³-hybridized carbons (Fsp3) is 0.167. The minimum Gasteiger partial charge on any atom is -0.493 e. The highest BCUT2D eigenvalue weighted by Crippen LogP contribution is 2.26. The van der Waals surface area contributed by atoms with E-state index in [1.807, 2.05) is 19.1 Å². The lowest BCUT2D eigenvalue weighted by molar-refractivity contribution is -0.384. The van der Waals surface area contributed by atoms with E-state index in [0.29, 0.717) is 12.4 Å². The van der Waals surface area contributed by atoms with Crippen LogP contribution in [-0.4, -0.2) is 17.4 Å². The Balaban J connectivity index is 2.20. The standard InChI is InChI=1S/C18H17BrN2O4/c1-3-25-17-8-6-14(19)11-13(17)5-9-18(22)20-15-7-4-12(2)10-16(15)21(23)24/h4-11H,3H2,1-2H3,(H,20,22)/b9-5+. The Morgan fingerprint density at radius 2 is 2.08 bits per heavy atom. The zero-order valence-corrected chi connectivity index (χ0v) is 15.4. The minimum atomic E-state index is -0.520. The van der Waals surface area contributed by atoms with E-state index in [1.165, 1.54) is 18.2 Å². The van der Waals surface area contributed by atoms with Crippen LogP contribution in [0, 0.1) is 17.0 Å². The molecule has 0 aliphatic heterocycles. The van der Waals surface area contributed by atoms with Crippen LogP contribution in [0.25, 0.3) is 6.08 Å². The first-order valence-electron chi connectivity index (χ1n) is 7.57. The molecule has 2 rings (SSSR count). The van der Waals surface area contributed by atoms with Crippen LogP contribution in [0.3, 0.4) is 0 Å². The Morgan fingerprint density at radius 1 is 1.32 bits per heavy atom. The molecule has 1 amide bonds. The number of nitro groups is 1. The topological polar surface area (TPSA) is 81.5 Å². The molecule has 0 heterocycles. The number of nitrogens with one attached hydrogen (secondary N) is 1. The molecule has 0 saturated carbocycles. The first-order valence-corrected chi connectivity index (χ1v) is 8.36. The van der Waals surface area contributed by atoms with Gasteiger partial charge in [-0.25, -0.2) is 0 Å². The SMILES string of the molecule is CCOc1ccc(Br)cc1/C=C/C(=O)Nc1ccc(C)cc1[N+](=O)[O-]. The number of benzene rings is 2. The van der Waals surface area contributed by atoms with Crippen molar-refractivity contribution in [3.63, 3.8) is 0 Å². The van der Waals surface area contributed by atoms with E-state index in [4.69, 9.17) is 4.74 Å². The molecule has 6 nitrogen and oxygen atoms in total. The van der Waals surface area contributed by atoms with Crippen LogP contribution < -0.4 is 10.1 Å². The second-order valence-electron chi connectivity index (χ2n) is 5.22. The molecule has 0 aliphatic rings. The van der Waals surface area contributed by atoms with Gasteiger partial charge in [-0.15, -0.1) is 0 Å². The summed E-state index contributed by atoms with van der Waals surface area (Å²) in [5.74, 6) is 0.186. The lowest BCUT2D eigenvalue weighted by atomic mass is 10.1. The Kier molecular flexibility index (Phi) is 6.30. The van der Waals surface area contributed by atoms with Crippen molar-refractivity contribution in [2.75, 3.05) is 11.9 Å². The van der Waals surface area contributed by atoms with Gasteiger partial charge in [0.15, 0.2) is 0 Å². The van der Waals surface area contributed by atoms with Gasteiger partial charge in [-0.05, 0) is 49.8 Å². The quantitative estimate of drug-likeness (QED) is 0.429. The van der Waals surface area contributed by atoms with E-state index in [-0.39, 0.29) is 11.4 Å². The van der Waals surface area contributed by atoms with Gasteiger partial charge in [0.25, 0.3) is 5.69 Å². The second-order valence-corrected chi connectivity index (χ2v) is 6.13. The normalized spacial score (nSPS) is 10.7. The monoisotopic (exact) mass is 404 g/mol. The highest BCUT2D eigenvalue weighted by Gasteiger charge is 2.15. The van der Waals surface area contributed by atoms with Gasteiger partial charge in [0, 0.05) is 22.2 Å². The molecule has 0 spiro atoms. The maximum atomic E-state index is 12.1. The number of hydrogen-bond donors (Lipinski definition) is 1. The highest BCUT2D eigenvalue weighted by molar-refractivity contribution is 9.10. The summed E-state index contributed by atoms with van der Waals surface area (Å²) in [5.41, 5.74) is 1.49. The summed E-state index contributed by atoms with van der Waals surface area (Å²) in [6, 6.07) is 10.1. The predicted octanol–water partition coefficient (Wildman–Crippen LogP) is 4.72. The molecule has 0 aromatic heterocycles. The average molecular weight is 405 g/mol. The van der Waals surface area contributed by atoms with Crippen LogP contribution in [0.5, 0.6) is 5.75 Å². The molecule has 1 N–H and O–H groups in total. The van der Waals surface area contributed by atoms with E-state index in [0.717, 1.165) is 15.6 Å². The van der Waals surface area contributed by atoms with Crippen molar-refractivity contribution in [3.05, 3.63) is 68.2 Å². The fourth-order valence-corrected chi connectivity index (χ4v) is 2.55. The van der Waals surface area contributed by atoms with Gasteiger partial charge in [-0.1, -0.05) is 22.0 Å². The van der Waals surface area contributed by atoms with Gasteiger partial charge < -0.3 is 10.1 Å². The third-order valence-electron chi connectivity index (χ3n) is 3.29. The van der Waals surface area contributed by atoms with Gasteiger partial charge in [0.2, 0.25) is 5.91 Å². The smallest absolute Gasteiger partial charge is 0.293 e. The van der Waals surface area contributed by atoms with E-state index in [2.05, 4.69) is 21.2 Å². The summed E-state index contributed by atoms with van der Waals surface area (Å²) in [7, 11) is 0. The van der Waals surface area contributed by atoms with Crippen molar-refractivity contribution in [2.45, 2.75) is 13.8 Å². The molecule has 130 valence electrons. The highest BCUT2D eigenvalue weighted by atomic mass is 79.9. The molecule has 0 bridgehead atoms. The largest absolute Gasteiger partial charge is 0.493 e. The molecular formula is C18H17BrN2O4. The van der Waals surface area contributed by atoms with Crippen LogP contribution in [0.2, 0.25) is 0 Å². The van der Waals surface area contributed by atoms with Crippen LogP contribution in [0.1, 0.15) is 18.1 Å². The molecule has 0 radical (unpaired) electrons. The molecule has 0 aliphatic carbocycles. The molecule has 7 heteroatoms. The summed E-state index contributed by atoms with van der Waals surface area (Å²) >= 11 is 3.38. The first-order chi connectivity index (χ1) is 11.9. The van der Waals surface area contributed by atoms with Gasteiger partial charge in [0.1, 0.15) is 11.4 Å². The number of carbonyl (C=O) groups is 1. The summed E-state index contributed by atoms with van der Waals surface area (Å²) in [6.07, 6.45) is 2.92. The van der Waals surface area contributed by atoms with E-state index in [9.17, 15) is 14.9 Å². The predicted molar refractivity (Wildman–Crippen MR) is 101 cm³/mol. The van der Waals surface area contributed by atoms with Gasteiger partial charge in [0.05, 0.1) is 11.5 Å². The number of ether oxygens (including phenoxy) is 1. The molecule has 0 atom stereocenters. The molecular weight excluding hydrogens is 388 g/mol. The summed E-state index contributed by atoms with van der Waals surface area (Å²) < 4.78 is 6.37. The van der Waals surface area contributed by atoms with Crippen LogP contribution >= 0.6 is 15.9 Å². The van der Waals surface area contributed by atoms with Crippen LogP contribution in [0.15, 0.2) is 46.9 Å². The van der Waals surface area contributed by atoms with Crippen molar-refractivity contribution < 1.29 is 14.5 Å². The molecule has 2 aromatic carbocycles. The molecule has 0 saturated heterocycles. The maximum absolute atomic E-state index is 12.1. The number of rotatable bonds is 6. The molecule has 25 heavy (non-hydrogen) atoms. The number of nitrogens with zero attached hydrogens (tertiary/aromatic N) is 1. The number of amides is 1. The zero-order valence-electron chi connectivity index (χ0n) is 13.8. The molecule has 0 unspecified atom stereocenters. The van der Waals surface area contributed by atoms with E-state index >= 15 is 0 Å². The van der Waals surface area contributed by atoms with Crippen molar-refractivity contribution in [1.29, 1.82) is 0 Å². The summed E-state index contributed by atoms with van der Waals surface area (Å²) in [5, 5.41) is 13.6. The van der Waals surface area contributed by atoms with Gasteiger partial charge in [-0.2, -0.15) is 0 Å². The Labute approximate surface area is 153 Å². The van der Waals surface area contributed by atoms with Gasteiger partial charge in [-0.3, -0.25) is 14.9 Å². The second kappa shape index (κ2) is 8.43. The molecule has 0 fully saturated rings. The number of nitro benzene ring substituents is 1. The van der Waals surface area contributed by atoms with E-state index in [1.54, 1.807) is 25.1 Å². The maximum Gasteiger partial charge on any atom is 0.293 e. The minimum absolute atomic E-state index is 0.140.